The van der Waals surface area contributed by atoms with Crippen molar-refractivity contribution in [3.05, 3.63) is 76.5 Å². The molecule has 0 bridgehead atoms. The van der Waals surface area contributed by atoms with E-state index in [1.54, 1.807) is 19.9 Å². The molecule has 5 rings (SSSR count). The Hall–Kier alpha value is -3.80. The molecule has 8 nitrogen and oxygen atoms in total. The molecule has 1 aromatic carbocycles. The predicted octanol–water partition coefficient (Wildman–Crippen LogP) is 4.31. The summed E-state index contributed by atoms with van der Waals surface area (Å²) in [5, 5.41) is 7.33. The SMILES string of the molecule is CC(=O)N[C@@H](CCN1CC2CN(C(=O)c3c(C)nn(-c4ccc(C(F)(F)F)cn4)c3C)CC2C1)c1cccc(F)c1. The van der Waals surface area contributed by atoms with Crippen molar-refractivity contribution in [2.75, 3.05) is 32.7 Å². The van der Waals surface area contributed by atoms with Crippen LogP contribution in [0.5, 0.6) is 0 Å². The van der Waals surface area contributed by atoms with Gasteiger partial charge in [-0.25, -0.2) is 14.1 Å². The topological polar surface area (TPSA) is 83.4 Å². The predicted molar refractivity (Wildman–Crippen MR) is 143 cm³/mol. The van der Waals surface area contributed by atoms with Crippen LogP contribution in [0.4, 0.5) is 17.6 Å². The number of carbonyl (C=O) groups excluding carboxylic acids is 2. The van der Waals surface area contributed by atoms with Gasteiger partial charge in [-0.1, -0.05) is 12.1 Å². The highest BCUT2D eigenvalue weighted by molar-refractivity contribution is 5.96. The second-order valence-corrected chi connectivity index (χ2v) is 10.9. The first-order valence-corrected chi connectivity index (χ1v) is 13.5. The summed E-state index contributed by atoms with van der Waals surface area (Å²) in [6, 6.07) is 8.18. The van der Waals surface area contributed by atoms with Crippen molar-refractivity contribution in [3.63, 3.8) is 0 Å². The first-order chi connectivity index (χ1) is 19.4. The average molecular weight is 573 g/mol. The van der Waals surface area contributed by atoms with Gasteiger partial charge in [0.15, 0.2) is 5.82 Å². The maximum absolute atomic E-state index is 13.8. The number of halogens is 4. The summed E-state index contributed by atoms with van der Waals surface area (Å²) in [7, 11) is 0. The number of hydrogen-bond donors (Lipinski definition) is 1. The summed E-state index contributed by atoms with van der Waals surface area (Å²) >= 11 is 0. The number of benzene rings is 1. The normalized spacial score (nSPS) is 19.8. The van der Waals surface area contributed by atoms with Crippen molar-refractivity contribution in [2.45, 2.75) is 39.4 Å². The summed E-state index contributed by atoms with van der Waals surface area (Å²) < 4.78 is 54.0. The van der Waals surface area contributed by atoms with Crippen molar-refractivity contribution < 1.29 is 27.2 Å². The Labute approximate surface area is 235 Å². The fourth-order valence-electron chi connectivity index (χ4n) is 6.05. The van der Waals surface area contributed by atoms with E-state index in [1.165, 1.54) is 29.8 Å². The smallest absolute Gasteiger partial charge is 0.349 e. The summed E-state index contributed by atoms with van der Waals surface area (Å²) in [5.41, 5.74) is 1.34. The Morgan fingerprint density at radius 1 is 1.07 bits per heavy atom. The summed E-state index contributed by atoms with van der Waals surface area (Å²) in [6.45, 7) is 8.44. The van der Waals surface area contributed by atoms with E-state index in [0.717, 1.165) is 37.5 Å². The number of rotatable bonds is 7. The van der Waals surface area contributed by atoms with Gasteiger partial charge in [0.1, 0.15) is 5.82 Å². The molecule has 3 atom stereocenters. The molecule has 4 heterocycles. The number of nitrogens with one attached hydrogen (secondary N) is 1. The minimum absolute atomic E-state index is 0.143. The Morgan fingerprint density at radius 2 is 1.78 bits per heavy atom. The number of hydrogen-bond acceptors (Lipinski definition) is 5. The Balaban J connectivity index is 1.21. The molecule has 12 heteroatoms. The monoisotopic (exact) mass is 572 g/mol. The third-order valence-electron chi connectivity index (χ3n) is 8.01. The molecule has 2 unspecified atom stereocenters. The highest BCUT2D eigenvalue weighted by Gasteiger charge is 2.42. The number of nitrogens with zero attached hydrogens (tertiary/aromatic N) is 5. The molecular weight excluding hydrogens is 540 g/mol. The number of fused-ring (bicyclic) bond motifs is 1. The lowest BCUT2D eigenvalue weighted by Crippen LogP contribution is -2.35. The number of likely N-dealkylation sites (tertiary alicyclic amines) is 2. The zero-order valence-corrected chi connectivity index (χ0v) is 23.1. The molecule has 41 heavy (non-hydrogen) atoms. The molecular formula is C29H32F4N6O2. The van der Waals surface area contributed by atoms with E-state index in [1.807, 2.05) is 11.0 Å². The van der Waals surface area contributed by atoms with Crippen LogP contribution >= 0.6 is 0 Å². The van der Waals surface area contributed by atoms with Crippen molar-refractivity contribution in [2.24, 2.45) is 11.8 Å². The van der Waals surface area contributed by atoms with Crippen LogP contribution in [0, 0.1) is 31.5 Å². The van der Waals surface area contributed by atoms with Gasteiger partial charge in [-0.15, -0.1) is 0 Å². The Bertz CT molecular complexity index is 1420. The van der Waals surface area contributed by atoms with Gasteiger partial charge in [-0.2, -0.15) is 18.3 Å². The van der Waals surface area contributed by atoms with Crippen LogP contribution in [-0.2, 0) is 11.0 Å². The first-order valence-electron chi connectivity index (χ1n) is 13.5. The molecule has 2 amide bonds. The van der Waals surface area contributed by atoms with Gasteiger partial charge in [0.25, 0.3) is 5.91 Å². The van der Waals surface area contributed by atoms with E-state index in [-0.39, 0.29) is 29.5 Å². The Kier molecular flexibility index (Phi) is 7.87. The van der Waals surface area contributed by atoms with Gasteiger partial charge in [0, 0.05) is 45.8 Å². The summed E-state index contributed by atoms with van der Waals surface area (Å²) in [4.78, 5) is 33.4. The van der Waals surface area contributed by atoms with E-state index in [0.29, 0.717) is 48.3 Å². The first kappa shape index (κ1) is 28.7. The minimum atomic E-state index is -4.49. The highest BCUT2D eigenvalue weighted by atomic mass is 19.4. The van der Waals surface area contributed by atoms with Gasteiger partial charge < -0.3 is 15.1 Å². The molecule has 0 aliphatic carbocycles. The molecule has 2 saturated heterocycles. The third kappa shape index (κ3) is 6.12. The lowest BCUT2D eigenvalue weighted by molar-refractivity contribution is -0.137. The van der Waals surface area contributed by atoms with Crippen LogP contribution in [0.25, 0.3) is 5.82 Å². The summed E-state index contributed by atoms with van der Waals surface area (Å²) in [5.74, 6) is 0.164. The van der Waals surface area contributed by atoms with E-state index >= 15 is 0 Å². The van der Waals surface area contributed by atoms with Crippen molar-refractivity contribution in [1.82, 2.24) is 29.9 Å². The van der Waals surface area contributed by atoms with E-state index in [9.17, 15) is 27.2 Å². The molecule has 218 valence electrons. The largest absolute Gasteiger partial charge is 0.417 e. The lowest BCUT2D eigenvalue weighted by atomic mass is 10.0. The molecule has 1 N–H and O–H groups in total. The lowest BCUT2D eigenvalue weighted by Gasteiger charge is -2.24. The van der Waals surface area contributed by atoms with Gasteiger partial charge in [0.05, 0.1) is 28.6 Å². The highest BCUT2D eigenvalue weighted by Crippen LogP contribution is 2.34. The molecule has 0 radical (unpaired) electrons. The second kappa shape index (κ2) is 11.2. The number of carbonyl (C=O) groups is 2. The maximum atomic E-state index is 13.8. The van der Waals surface area contributed by atoms with Crippen LogP contribution in [0.1, 0.15) is 52.3 Å². The average Bonchev–Trinajstić information content (AvgIpc) is 3.57. The van der Waals surface area contributed by atoms with Crippen LogP contribution < -0.4 is 5.32 Å². The number of aromatic nitrogens is 3. The number of amides is 2. The van der Waals surface area contributed by atoms with Crippen molar-refractivity contribution in [1.29, 1.82) is 0 Å². The standard InChI is InChI=1S/C29H32F4N6O2/c1-17-27(18(2)39(36-17)26-8-7-23(12-34-26)29(31,32)33)28(41)38-15-21-13-37(14-22(21)16-38)10-9-25(35-19(3)40)20-5-4-6-24(30)11-20/h4-8,11-12,21-22,25H,9-10,13-16H2,1-3H3,(H,35,40)/t21?,22?,25-/m0/s1. The molecule has 2 fully saturated rings. The van der Waals surface area contributed by atoms with Gasteiger partial charge in [-0.3, -0.25) is 9.59 Å². The van der Waals surface area contributed by atoms with Crippen LogP contribution in [0.2, 0.25) is 0 Å². The van der Waals surface area contributed by atoms with Crippen LogP contribution in [0.15, 0.2) is 42.6 Å². The van der Waals surface area contributed by atoms with Crippen LogP contribution in [0.3, 0.4) is 0 Å². The van der Waals surface area contributed by atoms with E-state index in [2.05, 4.69) is 20.3 Å². The number of alkyl halides is 3. The molecule has 0 saturated carbocycles. The fraction of sp³-hybridized carbons (Fsp3) is 0.448. The van der Waals surface area contributed by atoms with Crippen LogP contribution in [-0.4, -0.2) is 69.1 Å². The van der Waals surface area contributed by atoms with Gasteiger partial charge in [-0.05, 0) is 61.9 Å². The Morgan fingerprint density at radius 3 is 2.37 bits per heavy atom. The minimum Gasteiger partial charge on any atom is -0.349 e. The third-order valence-corrected chi connectivity index (χ3v) is 8.01. The zero-order chi connectivity index (χ0) is 29.5. The zero-order valence-electron chi connectivity index (χ0n) is 23.1. The molecule has 0 spiro atoms. The molecule has 2 aliphatic heterocycles. The maximum Gasteiger partial charge on any atom is 0.417 e. The summed E-state index contributed by atoms with van der Waals surface area (Å²) in [6.07, 6.45) is -3.09. The van der Waals surface area contributed by atoms with Crippen molar-refractivity contribution in [3.8, 4) is 5.82 Å². The molecule has 2 aromatic heterocycles. The van der Waals surface area contributed by atoms with Gasteiger partial charge >= 0.3 is 6.18 Å². The van der Waals surface area contributed by atoms with E-state index in [4.69, 9.17) is 0 Å². The van der Waals surface area contributed by atoms with Crippen molar-refractivity contribution >= 4 is 11.8 Å². The second-order valence-electron chi connectivity index (χ2n) is 10.9. The number of aryl methyl sites for hydroxylation is 1. The number of pyridine rings is 1. The van der Waals surface area contributed by atoms with E-state index < -0.39 is 11.7 Å². The molecule has 3 aromatic rings. The fourth-order valence-corrected chi connectivity index (χ4v) is 6.05. The quantitative estimate of drug-likeness (QED) is 0.427. The molecule has 2 aliphatic rings. The van der Waals surface area contributed by atoms with Gasteiger partial charge in [0.2, 0.25) is 5.91 Å².